The maximum atomic E-state index is 11.3. The van der Waals surface area contributed by atoms with Crippen molar-refractivity contribution in [3.8, 4) is 23.0 Å². The maximum absolute atomic E-state index is 11.3. The van der Waals surface area contributed by atoms with Crippen molar-refractivity contribution in [1.29, 1.82) is 0 Å². The van der Waals surface area contributed by atoms with Gasteiger partial charge in [-0.25, -0.2) is 0 Å². The van der Waals surface area contributed by atoms with E-state index in [0.29, 0.717) is 115 Å². The Balaban J connectivity index is 1.12. The van der Waals surface area contributed by atoms with Crippen molar-refractivity contribution in [2.75, 3.05) is 59.0 Å². The Morgan fingerprint density at radius 2 is 0.561 bits per heavy atom. The van der Waals surface area contributed by atoms with Crippen molar-refractivity contribution in [2.24, 2.45) is 0 Å². The van der Waals surface area contributed by atoms with Gasteiger partial charge in [-0.3, -0.25) is 9.80 Å². The first-order valence-electron chi connectivity index (χ1n) is 20.5. The summed E-state index contributed by atoms with van der Waals surface area (Å²) in [6.45, 7) is 19.6. The second-order valence-corrected chi connectivity index (χ2v) is 16.0. The first-order valence-corrected chi connectivity index (χ1v) is 20.5. The van der Waals surface area contributed by atoms with Gasteiger partial charge in [0, 0.05) is 149 Å². The van der Waals surface area contributed by atoms with Gasteiger partial charge in [-0.05, 0) is 27.7 Å². The maximum Gasteiger partial charge on any atom is 0.124 e. The predicted octanol–water partition coefficient (Wildman–Crippen LogP) is 3.97. The second kappa shape index (κ2) is 20.4. The lowest BCUT2D eigenvalue weighted by atomic mass is 10.0. The lowest BCUT2D eigenvalue weighted by molar-refractivity contribution is 0.231. The van der Waals surface area contributed by atoms with Crippen molar-refractivity contribution in [1.82, 2.24) is 41.7 Å². The van der Waals surface area contributed by atoms with E-state index in [1.807, 2.05) is 24.3 Å². The first-order chi connectivity index (χ1) is 27.5. The van der Waals surface area contributed by atoms with Crippen LogP contribution in [0.3, 0.4) is 0 Å². The zero-order valence-corrected chi connectivity index (χ0v) is 34.3. The molecule has 0 aliphatic carbocycles. The Labute approximate surface area is 338 Å². The minimum absolute atomic E-state index is 0.316. The van der Waals surface area contributed by atoms with Crippen molar-refractivity contribution < 1.29 is 20.4 Å². The molecule has 1 fully saturated rings. The van der Waals surface area contributed by atoms with E-state index in [1.165, 1.54) is 0 Å². The van der Waals surface area contributed by atoms with Gasteiger partial charge in [0.2, 0.25) is 0 Å². The number of fused-ring (bicyclic) bond motifs is 10. The van der Waals surface area contributed by atoms with Crippen LogP contribution < -0.4 is 31.9 Å². The third-order valence-corrected chi connectivity index (χ3v) is 10.9. The Morgan fingerprint density at radius 3 is 0.807 bits per heavy atom. The molecule has 0 saturated carbocycles. The van der Waals surface area contributed by atoms with E-state index in [-0.39, 0.29) is 0 Å². The average molecular weight is 781 g/mol. The summed E-state index contributed by atoms with van der Waals surface area (Å²) in [6, 6.07) is 16.4. The van der Waals surface area contributed by atoms with E-state index < -0.39 is 0 Å². The topological polar surface area (TPSA) is 160 Å². The molecule has 12 nitrogen and oxygen atoms in total. The molecule has 2 aliphatic rings. The van der Waals surface area contributed by atoms with Crippen LogP contribution in [0.2, 0.25) is 0 Å². The molecule has 0 aromatic heterocycles. The minimum atomic E-state index is 0.316. The zero-order chi connectivity index (χ0) is 40.3. The van der Waals surface area contributed by atoms with E-state index in [4.69, 9.17) is 0 Å². The third kappa shape index (κ3) is 11.9. The highest BCUT2D eigenvalue weighted by molar-refractivity contribution is 5.46. The fourth-order valence-electron chi connectivity index (χ4n) is 8.10. The van der Waals surface area contributed by atoms with Crippen LogP contribution >= 0.6 is 0 Å². The summed E-state index contributed by atoms with van der Waals surface area (Å²) in [5.74, 6) is 1.33. The summed E-state index contributed by atoms with van der Waals surface area (Å²) < 4.78 is 0. The van der Waals surface area contributed by atoms with Gasteiger partial charge in [-0.1, -0.05) is 70.8 Å². The second-order valence-electron chi connectivity index (χ2n) is 16.0. The van der Waals surface area contributed by atoms with Crippen LogP contribution in [0.4, 0.5) is 0 Å². The Bertz CT molecular complexity index is 1830. The van der Waals surface area contributed by atoms with Crippen LogP contribution in [0.25, 0.3) is 0 Å². The normalized spacial score (nSPS) is 20.0. The molecule has 308 valence electrons. The van der Waals surface area contributed by atoms with E-state index in [1.54, 1.807) is 0 Å². The van der Waals surface area contributed by atoms with Crippen LogP contribution in [0.1, 0.15) is 66.8 Å². The van der Waals surface area contributed by atoms with Gasteiger partial charge in [0.1, 0.15) is 23.0 Å². The number of rotatable bonds is 0. The molecule has 1 saturated heterocycles. The molecule has 4 aromatic carbocycles. The number of aromatic hydroxyl groups is 4. The number of phenolic OH excluding ortho intramolecular Hbond substituents is 4. The highest BCUT2D eigenvalue weighted by atomic mass is 16.3. The fraction of sp³-hybridized carbons (Fsp3) is 0.467. The summed E-state index contributed by atoms with van der Waals surface area (Å²) in [5, 5.41) is 65.6. The van der Waals surface area contributed by atoms with Gasteiger partial charge in [0.05, 0.1) is 6.67 Å². The van der Waals surface area contributed by atoms with Gasteiger partial charge in [0.25, 0.3) is 0 Å². The number of nitrogens with one attached hydrogen (secondary N) is 6. The lowest BCUT2D eigenvalue weighted by Gasteiger charge is -2.21. The number of benzene rings is 4. The molecule has 57 heavy (non-hydrogen) atoms. The average Bonchev–Trinajstić information content (AvgIpc) is 3.61. The number of hydrogen-bond donors (Lipinski definition) is 10. The lowest BCUT2D eigenvalue weighted by Crippen LogP contribution is -2.28. The van der Waals surface area contributed by atoms with Crippen LogP contribution in [0.5, 0.6) is 23.0 Å². The van der Waals surface area contributed by atoms with Gasteiger partial charge >= 0.3 is 0 Å². The van der Waals surface area contributed by atoms with Gasteiger partial charge in [-0.2, -0.15) is 0 Å². The fourth-order valence-corrected chi connectivity index (χ4v) is 8.10. The van der Waals surface area contributed by atoms with Crippen LogP contribution in [0.15, 0.2) is 48.5 Å². The molecule has 2 unspecified atom stereocenters. The van der Waals surface area contributed by atoms with E-state index in [2.05, 4.69) is 93.7 Å². The smallest absolute Gasteiger partial charge is 0.124 e. The van der Waals surface area contributed by atoms with Crippen LogP contribution in [0, 0.1) is 27.7 Å². The molecule has 4 aromatic rings. The molecule has 6 rings (SSSR count). The summed E-state index contributed by atoms with van der Waals surface area (Å²) in [4.78, 5) is 4.70. The quantitative estimate of drug-likeness (QED) is 0.125. The molecule has 0 amide bonds. The number of hydrogen-bond acceptors (Lipinski definition) is 12. The third-order valence-electron chi connectivity index (χ3n) is 10.9. The van der Waals surface area contributed by atoms with Crippen molar-refractivity contribution in [2.45, 2.75) is 80.1 Å². The minimum Gasteiger partial charge on any atom is -0.507 e. The summed E-state index contributed by atoms with van der Waals surface area (Å²) in [7, 11) is 0. The van der Waals surface area contributed by atoms with E-state index >= 15 is 0 Å². The van der Waals surface area contributed by atoms with Crippen LogP contribution in [-0.2, 0) is 52.4 Å². The summed E-state index contributed by atoms with van der Waals surface area (Å²) in [5.41, 5.74) is 11.6. The molecular weight excluding hydrogens is 717 g/mol. The first kappa shape index (κ1) is 42.4. The van der Waals surface area contributed by atoms with Gasteiger partial charge in [0.15, 0.2) is 0 Å². The Kier molecular flexibility index (Phi) is 15.2. The number of nitrogens with zero attached hydrogens (tertiary/aromatic N) is 2. The Morgan fingerprint density at radius 1 is 0.351 bits per heavy atom. The van der Waals surface area contributed by atoms with Crippen LogP contribution in [-0.4, -0.2) is 89.3 Å². The zero-order valence-electron chi connectivity index (χ0n) is 34.3. The highest BCUT2D eigenvalue weighted by Crippen LogP contribution is 2.30. The van der Waals surface area contributed by atoms with Gasteiger partial charge < -0.3 is 52.3 Å². The van der Waals surface area contributed by atoms with E-state index in [9.17, 15) is 20.4 Å². The predicted molar refractivity (Wildman–Crippen MR) is 227 cm³/mol. The van der Waals surface area contributed by atoms with Crippen molar-refractivity contribution >= 4 is 0 Å². The molecule has 2 atom stereocenters. The standard InChI is InChI=1S/C45H64N8O4/c1-30-13-34-21-46-5-6-47-22-35-14-31(2)16-37(43(35)55)24-49-8-10-51-26-39-18-33(4)20-41(45(39)57)28-53-12-11-52(29-53)27-40-19-32(3)17-38(44(40)56)25-50-9-7-48-23-36(15-30)42(34)54/h13-20,46-51,54-57H,5-12,21-29H2,1-4H3. The largest absolute Gasteiger partial charge is 0.507 e. The van der Waals surface area contributed by atoms with Crippen molar-refractivity contribution in [3.05, 3.63) is 115 Å². The molecule has 0 spiro atoms. The molecule has 12 heteroatoms. The molecule has 10 N–H and O–H groups in total. The summed E-state index contributed by atoms with van der Waals surface area (Å²) >= 11 is 0. The highest BCUT2D eigenvalue weighted by Gasteiger charge is 2.23. The molecular formula is C45H64N8O4. The van der Waals surface area contributed by atoms with Gasteiger partial charge in [-0.15, -0.1) is 0 Å². The Hall–Kier alpha value is -4.24. The monoisotopic (exact) mass is 781 g/mol. The van der Waals surface area contributed by atoms with Crippen molar-refractivity contribution in [3.63, 3.8) is 0 Å². The summed E-state index contributed by atoms with van der Waals surface area (Å²) in [6.07, 6.45) is 0. The molecule has 2 aliphatic heterocycles. The molecule has 10 bridgehead atoms. The molecule has 2 heterocycles. The number of phenols is 4. The number of aryl methyl sites for hydroxylation is 4. The van der Waals surface area contributed by atoms with E-state index in [0.717, 1.165) is 86.5 Å². The SMILES string of the molecule is Cc1cc2c(O)c(c1)CNCCNCc1cc(C)cc(c1O)CN1CCN(Cc3cc(C)cc(c3O)CNCCNCc3cc(C)cc(c3O)CNCCNC2)C1. The molecule has 0 radical (unpaired) electrons.